The van der Waals surface area contributed by atoms with Gasteiger partial charge in [-0.15, -0.1) is 0 Å². The minimum Gasteiger partial charge on any atom is -0.360 e. The molecule has 110 valence electrons. The second-order valence-corrected chi connectivity index (χ2v) is 5.43. The van der Waals surface area contributed by atoms with Crippen molar-refractivity contribution >= 4 is 11.7 Å². The molecule has 1 aromatic heterocycles. The predicted octanol–water partition coefficient (Wildman–Crippen LogP) is 2.26. The van der Waals surface area contributed by atoms with Gasteiger partial charge in [-0.05, 0) is 26.2 Å². The molecule has 0 aromatic carbocycles. The van der Waals surface area contributed by atoms with Gasteiger partial charge in [0.25, 0.3) is 5.91 Å². The molecule has 0 spiro atoms. The van der Waals surface area contributed by atoms with Crippen LogP contribution in [0.2, 0.25) is 0 Å². The monoisotopic (exact) mass is 276 g/mol. The zero-order valence-corrected chi connectivity index (χ0v) is 12.7. The highest BCUT2D eigenvalue weighted by Crippen LogP contribution is 2.16. The van der Waals surface area contributed by atoms with Crippen LogP contribution in [0, 0.1) is 6.92 Å². The van der Waals surface area contributed by atoms with Gasteiger partial charge in [0.05, 0.1) is 0 Å². The Hall–Kier alpha value is -1.65. The number of hydrogen-bond acceptors (Lipinski definition) is 4. The highest BCUT2D eigenvalue weighted by Gasteiger charge is 2.21. The maximum absolute atomic E-state index is 12.4. The quantitative estimate of drug-likeness (QED) is 0.827. The van der Waals surface area contributed by atoms with Crippen molar-refractivity contribution < 1.29 is 4.79 Å². The summed E-state index contributed by atoms with van der Waals surface area (Å²) < 4.78 is 0. The molecule has 1 aliphatic heterocycles. The highest BCUT2D eigenvalue weighted by atomic mass is 16.2. The minimum absolute atomic E-state index is 0.0399. The van der Waals surface area contributed by atoms with E-state index in [1.165, 1.54) is 0 Å². The zero-order chi connectivity index (χ0) is 14.5. The Morgan fingerprint density at radius 3 is 2.70 bits per heavy atom. The first kappa shape index (κ1) is 14.8. The van der Waals surface area contributed by atoms with Crippen LogP contribution in [0.1, 0.15) is 48.9 Å². The molecule has 1 aliphatic rings. The summed E-state index contributed by atoms with van der Waals surface area (Å²) in [4.78, 5) is 25.1. The van der Waals surface area contributed by atoms with Crippen molar-refractivity contribution in [3.05, 3.63) is 17.6 Å². The number of unbranched alkanes of at least 4 members (excludes halogenated alkanes) is 1. The lowest BCUT2D eigenvalue weighted by Gasteiger charge is -2.20. The van der Waals surface area contributed by atoms with Gasteiger partial charge in [0.2, 0.25) is 0 Å². The third-order valence-electron chi connectivity index (χ3n) is 3.67. The van der Waals surface area contributed by atoms with Crippen LogP contribution in [0.4, 0.5) is 5.82 Å². The van der Waals surface area contributed by atoms with Gasteiger partial charge in [0.1, 0.15) is 17.3 Å². The molecular weight excluding hydrogens is 252 g/mol. The van der Waals surface area contributed by atoms with Crippen LogP contribution < -0.4 is 4.90 Å². The van der Waals surface area contributed by atoms with Gasteiger partial charge >= 0.3 is 0 Å². The number of carbonyl (C=O) groups excluding carboxylic acids is 1. The van der Waals surface area contributed by atoms with Gasteiger partial charge in [-0.25, -0.2) is 9.97 Å². The molecule has 0 radical (unpaired) electrons. The summed E-state index contributed by atoms with van der Waals surface area (Å²) in [6.45, 7) is 6.66. The molecule has 0 aliphatic carbocycles. The number of amides is 1. The topological polar surface area (TPSA) is 49.3 Å². The lowest BCUT2D eigenvalue weighted by Crippen LogP contribution is -2.29. The fourth-order valence-corrected chi connectivity index (χ4v) is 2.45. The van der Waals surface area contributed by atoms with E-state index in [2.05, 4.69) is 21.8 Å². The Labute approximate surface area is 121 Å². The van der Waals surface area contributed by atoms with Crippen molar-refractivity contribution in [3.63, 3.8) is 0 Å². The fourth-order valence-electron chi connectivity index (χ4n) is 2.45. The number of likely N-dealkylation sites (tertiary alicyclic amines) is 1. The molecule has 1 amide bonds. The smallest absolute Gasteiger partial charge is 0.272 e. The lowest BCUT2D eigenvalue weighted by molar-refractivity contribution is 0.0786. The number of carbonyl (C=O) groups is 1. The van der Waals surface area contributed by atoms with Crippen LogP contribution in [0.3, 0.4) is 0 Å². The molecule has 20 heavy (non-hydrogen) atoms. The predicted molar refractivity (Wildman–Crippen MR) is 80.1 cm³/mol. The van der Waals surface area contributed by atoms with Crippen molar-refractivity contribution in [1.82, 2.24) is 14.9 Å². The lowest BCUT2D eigenvalue weighted by atomic mass is 10.3. The van der Waals surface area contributed by atoms with E-state index in [1.54, 1.807) is 0 Å². The van der Waals surface area contributed by atoms with Crippen LogP contribution in [-0.2, 0) is 0 Å². The normalized spacial score (nSPS) is 14.7. The first-order valence-electron chi connectivity index (χ1n) is 7.48. The summed E-state index contributed by atoms with van der Waals surface area (Å²) in [5.41, 5.74) is 0.526. The number of nitrogens with zero attached hydrogens (tertiary/aromatic N) is 4. The number of rotatable bonds is 5. The van der Waals surface area contributed by atoms with Crippen LogP contribution in [0.5, 0.6) is 0 Å². The molecule has 5 nitrogen and oxygen atoms in total. The second-order valence-electron chi connectivity index (χ2n) is 5.43. The standard InChI is InChI=1S/C15H24N4O/c1-4-5-8-18(3)14-11-13(16-12(2)17-14)15(20)19-9-6-7-10-19/h11H,4-10H2,1-3H3. The van der Waals surface area contributed by atoms with E-state index in [-0.39, 0.29) is 5.91 Å². The average molecular weight is 276 g/mol. The van der Waals surface area contributed by atoms with Crippen LogP contribution in [0.25, 0.3) is 0 Å². The second kappa shape index (κ2) is 6.68. The Kier molecular flexibility index (Phi) is 4.93. The van der Waals surface area contributed by atoms with E-state index in [0.29, 0.717) is 11.5 Å². The zero-order valence-electron chi connectivity index (χ0n) is 12.7. The number of aryl methyl sites for hydroxylation is 1. The van der Waals surface area contributed by atoms with Crippen molar-refractivity contribution in [3.8, 4) is 0 Å². The molecule has 0 N–H and O–H groups in total. The van der Waals surface area contributed by atoms with Crippen LogP contribution in [0.15, 0.2) is 6.07 Å². The van der Waals surface area contributed by atoms with E-state index in [1.807, 2.05) is 24.9 Å². The van der Waals surface area contributed by atoms with Crippen molar-refractivity contribution in [1.29, 1.82) is 0 Å². The molecule has 1 saturated heterocycles. The molecular formula is C15H24N4O. The van der Waals surface area contributed by atoms with Gasteiger partial charge in [-0.3, -0.25) is 4.79 Å². The third-order valence-corrected chi connectivity index (χ3v) is 3.67. The molecule has 2 rings (SSSR count). The number of anilines is 1. The molecule has 5 heteroatoms. The first-order valence-corrected chi connectivity index (χ1v) is 7.48. The van der Waals surface area contributed by atoms with E-state index in [4.69, 9.17) is 0 Å². The number of aromatic nitrogens is 2. The first-order chi connectivity index (χ1) is 9.61. The Bertz CT molecular complexity index is 469. The van der Waals surface area contributed by atoms with Crippen molar-refractivity contribution in [2.45, 2.75) is 39.5 Å². The summed E-state index contributed by atoms with van der Waals surface area (Å²) in [7, 11) is 2.02. The SMILES string of the molecule is CCCCN(C)c1cc(C(=O)N2CCCC2)nc(C)n1. The number of hydrogen-bond donors (Lipinski definition) is 0. The highest BCUT2D eigenvalue weighted by molar-refractivity contribution is 5.93. The van der Waals surface area contributed by atoms with Gasteiger partial charge in [-0.2, -0.15) is 0 Å². The molecule has 1 fully saturated rings. The maximum Gasteiger partial charge on any atom is 0.272 e. The van der Waals surface area contributed by atoms with E-state index in [0.717, 1.165) is 51.1 Å². The van der Waals surface area contributed by atoms with Gasteiger partial charge in [-0.1, -0.05) is 13.3 Å². The Morgan fingerprint density at radius 1 is 1.35 bits per heavy atom. The van der Waals surface area contributed by atoms with Gasteiger partial charge < -0.3 is 9.80 Å². The third kappa shape index (κ3) is 3.46. The van der Waals surface area contributed by atoms with E-state index >= 15 is 0 Å². The largest absolute Gasteiger partial charge is 0.360 e. The molecule has 1 aromatic rings. The molecule has 0 unspecified atom stereocenters. The summed E-state index contributed by atoms with van der Waals surface area (Å²) in [5, 5.41) is 0. The molecule has 0 bridgehead atoms. The summed E-state index contributed by atoms with van der Waals surface area (Å²) >= 11 is 0. The summed E-state index contributed by atoms with van der Waals surface area (Å²) in [6, 6.07) is 1.82. The molecule has 0 saturated carbocycles. The average Bonchev–Trinajstić information content (AvgIpc) is 2.97. The van der Waals surface area contributed by atoms with Crippen molar-refractivity contribution in [2.75, 3.05) is 31.6 Å². The van der Waals surface area contributed by atoms with Gasteiger partial charge in [0.15, 0.2) is 0 Å². The molecule has 2 heterocycles. The van der Waals surface area contributed by atoms with Crippen LogP contribution in [-0.4, -0.2) is 47.5 Å². The maximum atomic E-state index is 12.4. The van der Waals surface area contributed by atoms with Gasteiger partial charge in [0, 0.05) is 32.7 Å². The minimum atomic E-state index is 0.0399. The summed E-state index contributed by atoms with van der Waals surface area (Å²) in [6.07, 6.45) is 4.46. The summed E-state index contributed by atoms with van der Waals surface area (Å²) in [5.74, 6) is 1.54. The van der Waals surface area contributed by atoms with Crippen LogP contribution >= 0.6 is 0 Å². The Morgan fingerprint density at radius 2 is 2.05 bits per heavy atom. The van der Waals surface area contributed by atoms with Crippen molar-refractivity contribution in [2.24, 2.45) is 0 Å². The Balaban J connectivity index is 2.17. The molecule has 0 atom stereocenters. The van der Waals surface area contributed by atoms with E-state index in [9.17, 15) is 4.79 Å². The van der Waals surface area contributed by atoms with E-state index < -0.39 is 0 Å². The fraction of sp³-hybridized carbons (Fsp3) is 0.667.